The lowest BCUT2D eigenvalue weighted by Crippen LogP contribution is -2.59. The predicted octanol–water partition coefficient (Wildman–Crippen LogP) is 2.14. The highest BCUT2D eigenvalue weighted by Crippen LogP contribution is 2.43. The molecule has 2 aliphatic heterocycles. The molecule has 4 amide bonds. The van der Waals surface area contributed by atoms with Crippen LogP contribution in [-0.2, 0) is 9.59 Å². The van der Waals surface area contributed by atoms with Crippen LogP contribution in [0.25, 0.3) is 0 Å². The van der Waals surface area contributed by atoms with Gasteiger partial charge in [-0.05, 0) is 50.9 Å². The Morgan fingerprint density at radius 3 is 2.36 bits per heavy atom. The minimum Gasteiger partial charge on any atom is -0.336 e. The number of halogens is 1. The summed E-state index contributed by atoms with van der Waals surface area (Å²) < 4.78 is 0. The van der Waals surface area contributed by atoms with E-state index in [1.807, 2.05) is 13.8 Å². The van der Waals surface area contributed by atoms with Crippen LogP contribution >= 0.6 is 12.4 Å². The first-order valence-electron chi connectivity index (χ1n) is 10.2. The number of hydrogen-bond acceptors (Lipinski definition) is 4. The summed E-state index contributed by atoms with van der Waals surface area (Å²) in [5.41, 5.74) is -0.598. The average Bonchev–Trinajstić information content (AvgIpc) is 2.81. The summed E-state index contributed by atoms with van der Waals surface area (Å²) in [5.74, 6) is 0.176. The molecule has 1 saturated carbocycles. The summed E-state index contributed by atoms with van der Waals surface area (Å²) in [6, 6.07) is -0.175. The van der Waals surface area contributed by atoms with Crippen molar-refractivity contribution in [2.24, 2.45) is 11.3 Å². The number of nitrogens with zero attached hydrogens (tertiary/aromatic N) is 2. The number of imide groups is 1. The topological polar surface area (TPSA) is 81.8 Å². The van der Waals surface area contributed by atoms with Crippen molar-refractivity contribution in [3.63, 3.8) is 0 Å². The minimum atomic E-state index is -0.804. The highest BCUT2D eigenvalue weighted by molar-refractivity contribution is 6.09. The van der Waals surface area contributed by atoms with Crippen molar-refractivity contribution >= 4 is 30.3 Å². The molecule has 160 valence electrons. The first kappa shape index (κ1) is 22.9. The number of urea groups is 1. The maximum Gasteiger partial charge on any atom is 0.325 e. The Bertz CT molecular complexity index is 625. The number of amides is 4. The van der Waals surface area contributed by atoms with Gasteiger partial charge in [0.25, 0.3) is 5.91 Å². The maximum absolute atomic E-state index is 13.1. The molecule has 0 aromatic carbocycles. The number of carbonyl (C=O) groups is 3. The third-order valence-corrected chi connectivity index (χ3v) is 6.96. The predicted molar refractivity (Wildman–Crippen MR) is 110 cm³/mol. The first-order valence-corrected chi connectivity index (χ1v) is 10.2. The van der Waals surface area contributed by atoms with Gasteiger partial charge in [-0.3, -0.25) is 14.5 Å². The van der Waals surface area contributed by atoms with Crippen LogP contribution in [0.3, 0.4) is 0 Å². The van der Waals surface area contributed by atoms with E-state index in [1.54, 1.807) is 4.90 Å². The molecule has 1 aliphatic carbocycles. The minimum absolute atomic E-state index is 0. The van der Waals surface area contributed by atoms with Crippen molar-refractivity contribution < 1.29 is 14.4 Å². The average molecular weight is 415 g/mol. The van der Waals surface area contributed by atoms with Gasteiger partial charge in [0, 0.05) is 25.2 Å². The van der Waals surface area contributed by atoms with Gasteiger partial charge in [-0.2, -0.15) is 0 Å². The summed E-state index contributed by atoms with van der Waals surface area (Å²) in [6.07, 6.45) is 3.16. The quantitative estimate of drug-likeness (QED) is 0.678. The van der Waals surface area contributed by atoms with Crippen LogP contribution in [0.4, 0.5) is 4.79 Å². The van der Waals surface area contributed by atoms with E-state index in [1.165, 1.54) is 0 Å². The van der Waals surface area contributed by atoms with E-state index in [0.29, 0.717) is 25.3 Å². The molecule has 0 aromatic rings. The molecule has 8 heteroatoms. The fourth-order valence-electron chi connectivity index (χ4n) is 4.77. The van der Waals surface area contributed by atoms with Crippen molar-refractivity contribution in [2.75, 3.05) is 19.6 Å². The third-order valence-electron chi connectivity index (χ3n) is 6.96. The summed E-state index contributed by atoms with van der Waals surface area (Å²) >= 11 is 0. The van der Waals surface area contributed by atoms with Crippen molar-refractivity contribution in [1.29, 1.82) is 0 Å². The molecule has 1 spiro atoms. The molecule has 28 heavy (non-hydrogen) atoms. The smallest absolute Gasteiger partial charge is 0.325 e. The zero-order valence-corrected chi connectivity index (χ0v) is 18.5. The summed E-state index contributed by atoms with van der Waals surface area (Å²) in [7, 11) is 0. The standard InChI is InChI=1S/C20H34N4O3.ClH/c1-13-14(2)23(11-10-21-13)16(25)12-24-17(26)20(22-18(24)27)8-6-15(7-9-20)19(3,4)5;/h13-15,21H,6-12H2,1-5H3,(H,22,27);1H. The normalized spacial score (nSPS) is 33.7. The lowest BCUT2D eigenvalue weighted by atomic mass is 9.67. The first-order chi connectivity index (χ1) is 12.5. The molecule has 0 radical (unpaired) electrons. The molecule has 3 rings (SSSR count). The SMILES string of the molecule is CC1NCCN(C(=O)CN2C(=O)NC3(CCC(C(C)(C)C)CC3)C2=O)C1C.Cl. The van der Waals surface area contributed by atoms with Crippen LogP contribution in [0.2, 0.25) is 0 Å². The lowest BCUT2D eigenvalue weighted by molar-refractivity contribution is -0.141. The molecule has 3 fully saturated rings. The van der Waals surface area contributed by atoms with Gasteiger partial charge < -0.3 is 15.5 Å². The zero-order valence-electron chi connectivity index (χ0n) is 17.7. The van der Waals surface area contributed by atoms with Crippen LogP contribution < -0.4 is 10.6 Å². The summed E-state index contributed by atoms with van der Waals surface area (Å²) in [5, 5.41) is 6.26. The third kappa shape index (κ3) is 4.15. The Morgan fingerprint density at radius 2 is 1.79 bits per heavy atom. The molecule has 0 bridgehead atoms. The second-order valence-electron chi connectivity index (χ2n) is 9.61. The van der Waals surface area contributed by atoms with E-state index < -0.39 is 11.6 Å². The van der Waals surface area contributed by atoms with Gasteiger partial charge in [0.1, 0.15) is 12.1 Å². The van der Waals surface area contributed by atoms with Gasteiger partial charge in [0.15, 0.2) is 0 Å². The molecule has 2 saturated heterocycles. The highest BCUT2D eigenvalue weighted by atomic mass is 35.5. The molecular weight excluding hydrogens is 380 g/mol. The van der Waals surface area contributed by atoms with Crippen molar-refractivity contribution in [1.82, 2.24) is 20.4 Å². The second kappa shape index (κ2) is 8.19. The summed E-state index contributed by atoms with van der Waals surface area (Å²) in [4.78, 5) is 41.3. The van der Waals surface area contributed by atoms with Gasteiger partial charge in [0.05, 0.1) is 0 Å². The van der Waals surface area contributed by atoms with Crippen LogP contribution in [-0.4, -0.2) is 64.9 Å². The second-order valence-corrected chi connectivity index (χ2v) is 9.61. The fourth-order valence-corrected chi connectivity index (χ4v) is 4.77. The number of carbonyl (C=O) groups excluding carboxylic acids is 3. The van der Waals surface area contributed by atoms with E-state index >= 15 is 0 Å². The molecule has 2 heterocycles. The molecule has 2 N–H and O–H groups in total. The van der Waals surface area contributed by atoms with Gasteiger partial charge in [-0.25, -0.2) is 4.79 Å². The Kier molecular flexibility index (Phi) is 6.71. The fraction of sp³-hybridized carbons (Fsp3) is 0.850. The number of rotatable bonds is 2. The van der Waals surface area contributed by atoms with Gasteiger partial charge in [0.2, 0.25) is 5.91 Å². The van der Waals surface area contributed by atoms with E-state index in [0.717, 1.165) is 24.3 Å². The number of nitrogens with one attached hydrogen (secondary N) is 2. The van der Waals surface area contributed by atoms with Crippen molar-refractivity contribution in [3.8, 4) is 0 Å². The largest absolute Gasteiger partial charge is 0.336 e. The maximum atomic E-state index is 13.1. The van der Waals surface area contributed by atoms with Crippen LogP contribution in [0.15, 0.2) is 0 Å². The van der Waals surface area contributed by atoms with Gasteiger partial charge >= 0.3 is 6.03 Å². The molecular formula is C20H35ClN4O3. The molecule has 2 unspecified atom stereocenters. The van der Waals surface area contributed by atoms with E-state index in [9.17, 15) is 14.4 Å². The highest BCUT2D eigenvalue weighted by Gasteiger charge is 2.53. The molecule has 7 nitrogen and oxygen atoms in total. The Balaban J connectivity index is 0.00000280. The van der Waals surface area contributed by atoms with Crippen molar-refractivity contribution in [2.45, 2.75) is 77.9 Å². The zero-order chi connectivity index (χ0) is 20.0. The van der Waals surface area contributed by atoms with Gasteiger partial charge in [-0.1, -0.05) is 20.8 Å². The van der Waals surface area contributed by atoms with Crippen LogP contribution in [0.5, 0.6) is 0 Å². The van der Waals surface area contributed by atoms with Crippen LogP contribution in [0, 0.1) is 11.3 Å². The Labute approximate surface area is 174 Å². The number of piperazine rings is 1. The Morgan fingerprint density at radius 1 is 1.18 bits per heavy atom. The van der Waals surface area contributed by atoms with E-state index in [4.69, 9.17) is 0 Å². The van der Waals surface area contributed by atoms with E-state index in [2.05, 4.69) is 31.4 Å². The van der Waals surface area contributed by atoms with Crippen molar-refractivity contribution in [3.05, 3.63) is 0 Å². The summed E-state index contributed by atoms with van der Waals surface area (Å²) in [6.45, 7) is 11.9. The number of hydrogen-bond donors (Lipinski definition) is 2. The monoisotopic (exact) mass is 414 g/mol. The molecule has 0 aromatic heterocycles. The van der Waals surface area contributed by atoms with Crippen LogP contribution in [0.1, 0.15) is 60.3 Å². The lowest BCUT2D eigenvalue weighted by Gasteiger charge is -2.41. The van der Waals surface area contributed by atoms with Gasteiger partial charge in [-0.15, -0.1) is 12.4 Å². The van der Waals surface area contributed by atoms with E-state index in [-0.39, 0.29) is 48.3 Å². The Hall–Kier alpha value is -1.34. The molecule has 2 atom stereocenters. The molecule has 3 aliphatic rings.